The van der Waals surface area contributed by atoms with Crippen LogP contribution in [-0.4, -0.2) is 27.3 Å². The minimum Gasteiger partial charge on any atom is -0.381 e. The van der Waals surface area contributed by atoms with Gasteiger partial charge >= 0.3 is 0 Å². The van der Waals surface area contributed by atoms with Crippen LogP contribution in [0, 0.1) is 19.8 Å². The number of hydrogen-bond acceptors (Lipinski definition) is 3. The van der Waals surface area contributed by atoms with Crippen molar-refractivity contribution in [1.82, 2.24) is 14.1 Å². The minimum absolute atomic E-state index is 0.0952. The molecule has 0 aromatic carbocycles. The number of halogens is 1. The van der Waals surface area contributed by atoms with E-state index in [4.69, 9.17) is 4.74 Å². The zero-order valence-corrected chi connectivity index (χ0v) is 14.5. The third-order valence-corrected chi connectivity index (χ3v) is 4.52. The van der Waals surface area contributed by atoms with Crippen LogP contribution < -0.4 is 5.43 Å². The second-order valence-electron chi connectivity index (χ2n) is 5.93. The largest absolute Gasteiger partial charge is 0.381 e. The van der Waals surface area contributed by atoms with Gasteiger partial charge in [-0.15, -0.1) is 0 Å². The molecule has 0 atom stereocenters. The molecule has 118 valence electrons. The third kappa shape index (κ3) is 3.17. The predicted molar refractivity (Wildman–Crippen MR) is 88.5 cm³/mol. The molecule has 0 amide bonds. The molecule has 0 bridgehead atoms. The quantitative estimate of drug-likeness (QED) is 0.840. The Hall–Kier alpha value is -1.40. The lowest BCUT2D eigenvalue weighted by atomic mass is 10.0. The van der Waals surface area contributed by atoms with Gasteiger partial charge in [0.15, 0.2) is 5.43 Å². The van der Waals surface area contributed by atoms with Crippen molar-refractivity contribution in [2.24, 2.45) is 5.92 Å². The Balaban J connectivity index is 1.95. The van der Waals surface area contributed by atoms with E-state index in [-0.39, 0.29) is 5.43 Å². The predicted octanol–water partition coefficient (Wildman–Crippen LogP) is 2.84. The number of nitrogens with zero attached hydrogens (tertiary/aromatic N) is 3. The lowest BCUT2D eigenvalue weighted by Crippen LogP contribution is -2.22. The van der Waals surface area contributed by atoms with Gasteiger partial charge in [-0.05, 0) is 48.5 Å². The van der Waals surface area contributed by atoms with E-state index in [1.807, 2.05) is 37.0 Å². The van der Waals surface area contributed by atoms with Crippen LogP contribution in [0.3, 0.4) is 0 Å². The normalized spacial score (nSPS) is 16.1. The van der Waals surface area contributed by atoms with E-state index in [1.54, 1.807) is 0 Å². The van der Waals surface area contributed by atoms with E-state index >= 15 is 0 Å². The van der Waals surface area contributed by atoms with E-state index in [0.29, 0.717) is 5.92 Å². The molecule has 6 heteroatoms. The molecule has 3 heterocycles. The molecule has 3 rings (SSSR count). The Morgan fingerprint density at radius 3 is 2.50 bits per heavy atom. The molecule has 1 aliphatic rings. The van der Waals surface area contributed by atoms with Gasteiger partial charge in [0.05, 0.1) is 0 Å². The first-order valence-corrected chi connectivity index (χ1v) is 8.34. The Kier molecular flexibility index (Phi) is 4.49. The van der Waals surface area contributed by atoms with E-state index in [1.165, 1.54) is 0 Å². The molecular weight excluding hydrogens is 346 g/mol. The number of aryl methyl sites for hydroxylation is 2. The summed E-state index contributed by atoms with van der Waals surface area (Å²) in [7, 11) is 0. The van der Waals surface area contributed by atoms with E-state index in [9.17, 15) is 4.79 Å². The fraction of sp³-hybridized carbons (Fsp3) is 0.500. The number of rotatable bonds is 3. The van der Waals surface area contributed by atoms with Crippen molar-refractivity contribution in [3.63, 3.8) is 0 Å². The van der Waals surface area contributed by atoms with Crippen LogP contribution >= 0.6 is 15.9 Å². The molecule has 0 unspecified atom stereocenters. The number of hydrogen-bond donors (Lipinski definition) is 0. The van der Waals surface area contributed by atoms with Crippen molar-refractivity contribution < 1.29 is 4.74 Å². The van der Waals surface area contributed by atoms with Gasteiger partial charge in [-0.1, -0.05) is 0 Å². The smallest absolute Gasteiger partial charge is 0.214 e. The molecule has 0 spiro atoms. The molecule has 0 radical (unpaired) electrons. The number of ether oxygens (including phenoxy) is 1. The second kappa shape index (κ2) is 6.38. The van der Waals surface area contributed by atoms with Crippen LogP contribution in [0.5, 0.6) is 0 Å². The van der Waals surface area contributed by atoms with Crippen LogP contribution in [0.15, 0.2) is 28.0 Å². The van der Waals surface area contributed by atoms with Gasteiger partial charge in [0.1, 0.15) is 4.60 Å². The van der Waals surface area contributed by atoms with Crippen LogP contribution in [0.1, 0.15) is 24.0 Å². The first-order chi connectivity index (χ1) is 10.5. The summed E-state index contributed by atoms with van der Waals surface area (Å²) in [5.74, 6) is 1.44. The monoisotopic (exact) mass is 365 g/mol. The van der Waals surface area contributed by atoms with Gasteiger partial charge in [-0.3, -0.25) is 9.36 Å². The molecule has 5 nitrogen and oxygen atoms in total. The van der Waals surface area contributed by atoms with Crippen molar-refractivity contribution in [3.05, 3.63) is 44.5 Å². The Bertz CT molecular complexity index is 703. The van der Waals surface area contributed by atoms with Crippen LogP contribution in [0.2, 0.25) is 0 Å². The lowest BCUT2D eigenvalue weighted by Gasteiger charge is -2.23. The van der Waals surface area contributed by atoms with Crippen molar-refractivity contribution in [1.29, 1.82) is 0 Å². The van der Waals surface area contributed by atoms with E-state index in [2.05, 4.69) is 25.5 Å². The van der Waals surface area contributed by atoms with Crippen molar-refractivity contribution in [2.45, 2.75) is 33.2 Å². The molecule has 1 saturated heterocycles. The Labute approximate surface area is 138 Å². The summed E-state index contributed by atoms with van der Waals surface area (Å²) in [5, 5.41) is 0. The van der Waals surface area contributed by atoms with Gasteiger partial charge in [0.25, 0.3) is 0 Å². The van der Waals surface area contributed by atoms with E-state index < -0.39 is 0 Å². The summed E-state index contributed by atoms with van der Waals surface area (Å²) in [4.78, 5) is 16.5. The highest BCUT2D eigenvalue weighted by atomic mass is 79.9. The molecule has 0 N–H and O–H groups in total. The summed E-state index contributed by atoms with van der Waals surface area (Å²) in [6, 6.07) is 0. The van der Waals surface area contributed by atoms with Crippen LogP contribution in [-0.2, 0) is 11.3 Å². The highest BCUT2D eigenvalue weighted by Crippen LogP contribution is 2.21. The van der Waals surface area contributed by atoms with Gasteiger partial charge in [0, 0.05) is 49.5 Å². The summed E-state index contributed by atoms with van der Waals surface area (Å²) >= 11 is 3.46. The van der Waals surface area contributed by atoms with Crippen molar-refractivity contribution in [2.75, 3.05) is 13.2 Å². The second-order valence-corrected chi connectivity index (χ2v) is 6.74. The standard InChI is InChI=1S/C16H20BrN3O2/c1-11-7-19(8-12(2)15(11)21)16-18-14(17)10-20(16)9-13-3-5-22-6-4-13/h7-8,10,13H,3-6,9H2,1-2H3. The Morgan fingerprint density at radius 2 is 1.86 bits per heavy atom. The Morgan fingerprint density at radius 1 is 1.23 bits per heavy atom. The van der Waals surface area contributed by atoms with Gasteiger partial charge in [0.2, 0.25) is 5.95 Å². The van der Waals surface area contributed by atoms with Crippen LogP contribution in [0.25, 0.3) is 5.95 Å². The molecule has 0 aliphatic carbocycles. The first kappa shape index (κ1) is 15.5. The maximum Gasteiger partial charge on any atom is 0.214 e. The fourth-order valence-corrected chi connectivity index (χ4v) is 3.33. The molecule has 2 aromatic heterocycles. The minimum atomic E-state index is 0.0952. The van der Waals surface area contributed by atoms with Gasteiger partial charge in [-0.2, -0.15) is 0 Å². The summed E-state index contributed by atoms with van der Waals surface area (Å²) < 4.78 is 10.3. The molecule has 1 aliphatic heterocycles. The maximum atomic E-state index is 11.9. The fourth-order valence-electron chi connectivity index (χ4n) is 2.92. The zero-order valence-electron chi connectivity index (χ0n) is 12.9. The average molecular weight is 366 g/mol. The number of imidazole rings is 1. The highest BCUT2D eigenvalue weighted by Gasteiger charge is 2.17. The molecule has 1 fully saturated rings. The molecular formula is C16H20BrN3O2. The summed E-state index contributed by atoms with van der Waals surface area (Å²) in [5.41, 5.74) is 1.56. The highest BCUT2D eigenvalue weighted by molar-refractivity contribution is 9.10. The first-order valence-electron chi connectivity index (χ1n) is 7.55. The zero-order chi connectivity index (χ0) is 15.7. The number of aromatic nitrogens is 3. The van der Waals surface area contributed by atoms with Crippen LogP contribution in [0.4, 0.5) is 0 Å². The summed E-state index contributed by atoms with van der Waals surface area (Å²) in [6.45, 7) is 6.28. The molecule has 0 saturated carbocycles. The topological polar surface area (TPSA) is 49.0 Å². The lowest BCUT2D eigenvalue weighted by molar-refractivity contribution is 0.0612. The summed E-state index contributed by atoms with van der Waals surface area (Å²) in [6.07, 6.45) is 7.87. The van der Waals surface area contributed by atoms with Gasteiger partial charge in [-0.25, -0.2) is 4.98 Å². The van der Waals surface area contributed by atoms with Crippen molar-refractivity contribution in [3.8, 4) is 5.95 Å². The SMILES string of the molecule is Cc1cn(-c2nc(Br)cn2CC2CCOCC2)cc(C)c1=O. The van der Waals surface area contributed by atoms with Gasteiger partial charge < -0.3 is 9.30 Å². The van der Waals surface area contributed by atoms with Crippen molar-refractivity contribution >= 4 is 15.9 Å². The maximum absolute atomic E-state index is 11.9. The third-order valence-electron chi connectivity index (χ3n) is 4.13. The molecule has 22 heavy (non-hydrogen) atoms. The van der Waals surface area contributed by atoms with E-state index in [0.717, 1.165) is 54.3 Å². The average Bonchev–Trinajstić information content (AvgIpc) is 2.86. The molecule has 2 aromatic rings. The number of pyridine rings is 1.